The molecule has 0 aromatic carbocycles. The Bertz CT molecular complexity index is 865. The van der Waals surface area contributed by atoms with Crippen LogP contribution in [-0.2, 0) is 28.6 Å². The van der Waals surface area contributed by atoms with E-state index < -0.39 is 15.6 Å². The van der Waals surface area contributed by atoms with Crippen molar-refractivity contribution in [2.75, 3.05) is 13.9 Å². The first-order chi connectivity index (χ1) is 14.7. The first-order valence-corrected chi connectivity index (χ1v) is 12.4. The molecule has 0 spiro atoms. The number of halogens is 3. The quantitative estimate of drug-likeness (QED) is 0.242. The number of carbonyl (C=O) groups excluding carboxylic acids is 1. The lowest BCUT2D eigenvalue weighted by molar-refractivity contribution is -0.198. The number of ketones is 1. The van der Waals surface area contributed by atoms with Crippen molar-refractivity contribution in [3.05, 3.63) is 11.8 Å². The maximum atomic E-state index is 13.3. The van der Waals surface area contributed by atoms with Crippen LogP contribution in [0.2, 0.25) is 0 Å². The lowest BCUT2D eigenvalue weighted by atomic mass is 9.42. The van der Waals surface area contributed by atoms with Gasteiger partial charge in [0, 0.05) is 19.4 Å². The van der Waals surface area contributed by atoms with Crippen LogP contribution in [-0.4, -0.2) is 39.7 Å². The van der Waals surface area contributed by atoms with E-state index in [1.54, 1.807) is 14.0 Å². The maximum absolute atomic E-state index is 13.3. The summed E-state index contributed by atoms with van der Waals surface area (Å²) in [6, 6.07) is 0. The molecule has 0 bridgehead atoms. The molecule has 3 aliphatic carbocycles. The number of methoxy groups -OCH3 is 1. The van der Waals surface area contributed by atoms with Gasteiger partial charge in [-0.2, -0.15) is 21.6 Å². The van der Waals surface area contributed by atoms with Gasteiger partial charge in [-0.3, -0.25) is 4.79 Å². The molecule has 0 aliphatic heterocycles. The molecule has 0 heterocycles. The summed E-state index contributed by atoms with van der Waals surface area (Å²) in [6.07, 6.45) is 3.77. The van der Waals surface area contributed by atoms with Crippen LogP contribution in [0.5, 0.6) is 0 Å². The molecule has 3 saturated carbocycles. The van der Waals surface area contributed by atoms with Crippen molar-refractivity contribution in [2.24, 2.45) is 34.5 Å². The van der Waals surface area contributed by atoms with Gasteiger partial charge in [0.05, 0.1) is 6.10 Å². The maximum Gasteiger partial charge on any atom is 0.534 e. The average molecular weight is 483 g/mol. The molecule has 3 rings (SSSR count). The van der Waals surface area contributed by atoms with Crippen LogP contribution in [0.3, 0.4) is 0 Å². The number of rotatable bonds is 5. The smallest absolute Gasteiger partial charge is 0.384 e. The zero-order chi connectivity index (χ0) is 24.1. The predicted molar refractivity (Wildman–Crippen MR) is 111 cm³/mol. The number of hydrogen-bond acceptors (Lipinski definition) is 6. The highest BCUT2D eigenvalue weighted by atomic mass is 32.2. The van der Waals surface area contributed by atoms with E-state index >= 15 is 0 Å². The molecule has 3 aliphatic rings. The largest absolute Gasteiger partial charge is 0.534 e. The summed E-state index contributed by atoms with van der Waals surface area (Å²) in [7, 11) is -4.13. The molecular formula is C22H33F3O6S. The summed E-state index contributed by atoms with van der Waals surface area (Å²) in [6.45, 7) is 8.48. The molecule has 32 heavy (non-hydrogen) atoms. The van der Waals surface area contributed by atoms with Crippen LogP contribution in [0, 0.1) is 34.5 Å². The molecule has 184 valence electrons. The summed E-state index contributed by atoms with van der Waals surface area (Å²) >= 11 is 0. The van der Waals surface area contributed by atoms with E-state index in [2.05, 4.69) is 25.0 Å². The van der Waals surface area contributed by atoms with E-state index in [9.17, 15) is 26.4 Å². The van der Waals surface area contributed by atoms with Gasteiger partial charge in [-0.05, 0) is 59.8 Å². The average Bonchev–Trinajstić information content (AvgIpc) is 2.67. The monoisotopic (exact) mass is 482 g/mol. The van der Waals surface area contributed by atoms with Crippen LogP contribution >= 0.6 is 0 Å². The third-order valence-corrected chi connectivity index (χ3v) is 9.31. The van der Waals surface area contributed by atoms with Gasteiger partial charge in [0.1, 0.15) is 18.8 Å². The number of ether oxygens (including phenoxy) is 2. The Labute approximate surface area is 188 Å². The lowest BCUT2D eigenvalue weighted by Gasteiger charge is -2.62. The number of fused-ring (bicyclic) bond motifs is 3. The number of Topliss-reactive ketones (excluding diaryl/α,β-unsaturated/α-hetero) is 1. The van der Waals surface area contributed by atoms with E-state index in [-0.39, 0.29) is 53.2 Å². The van der Waals surface area contributed by atoms with Crippen LogP contribution < -0.4 is 0 Å². The molecule has 0 unspecified atom stereocenters. The summed E-state index contributed by atoms with van der Waals surface area (Å²) < 4.78 is 75.6. The van der Waals surface area contributed by atoms with Gasteiger partial charge < -0.3 is 13.7 Å². The minimum atomic E-state index is -5.71. The fourth-order valence-corrected chi connectivity index (χ4v) is 7.05. The number of hydrogen-bond donors (Lipinski definition) is 0. The second-order valence-corrected chi connectivity index (χ2v) is 11.9. The van der Waals surface area contributed by atoms with Crippen molar-refractivity contribution in [2.45, 2.75) is 71.4 Å². The van der Waals surface area contributed by atoms with Crippen LogP contribution in [0.25, 0.3) is 0 Å². The van der Waals surface area contributed by atoms with Crippen molar-refractivity contribution in [3.8, 4) is 0 Å². The molecule has 10 heteroatoms. The second-order valence-electron chi connectivity index (χ2n) is 10.3. The molecule has 0 N–H and O–H groups in total. The van der Waals surface area contributed by atoms with Crippen molar-refractivity contribution >= 4 is 15.9 Å². The summed E-state index contributed by atoms with van der Waals surface area (Å²) in [4.78, 5) is 13.3. The van der Waals surface area contributed by atoms with Crippen molar-refractivity contribution in [3.63, 3.8) is 0 Å². The van der Waals surface area contributed by atoms with Gasteiger partial charge >= 0.3 is 15.6 Å². The van der Waals surface area contributed by atoms with Crippen LogP contribution in [0.15, 0.2) is 11.8 Å². The van der Waals surface area contributed by atoms with E-state index in [4.69, 9.17) is 9.47 Å². The van der Waals surface area contributed by atoms with Gasteiger partial charge in [-0.1, -0.05) is 27.7 Å². The van der Waals surface area contributed by atoms with Gasteiger partial charge in [0.2, 0.25) is 0 Å². The normalized spacial score (nSPS) is 38.8. The number of allylic oxidation sites excluding steroid dienone is 1. The predicted octanol–water partition coefficient (Wildman–Crippen LogP) is 4.80. The number of carbonyl (C=O) groups is 1. The van der Waals surface area contributed by atoms with E-state index in [0.29, 0.717) is 31.1 Å². The Balaban J connectivity index is 1.84. The first-order valence-electron chi connectivity index (χ1n) is 11.0. The minimum Gasteiger partial charge on any atom is -0.384 e. The van der Waals surface area contributed by atoms with Gasteiger partial charge in [0.25, 0.3) is 0 Å². The van der Waals surface area contributed by atoms with Gasteiger partial charge in [0.15, 0.2) is 0 Å². The molecule has 0 aromatic rings. The van der Waals surface area contributed by atoms with Gasteiger partial charge in [-0.15, -0.1) is 0 Å². The summed E-state index contributed by atoms with van der Waals surface area (Å²) in [5.41, 5.74) is -5.41. The molecule has 0 amide bonds. The molecule has 0 saturated heterocycles. The lowest BCUT2D eigenvalue weighted by Crippen LogP contribution is -2.60. The standard InChI is InChI=1S/C22H33F3O6S/c1-13-14(11-31-32(27,28)22(23,24)25)6-7-15-19(13)16(26)10-17-20(2,3)18(30-12-29-5)8-9-21(15,17)4/h11,13,15,17-19H,6-10,12H2,1-5H3/b14-11+/t13-,15-,17-,18-,19+,21+/m0/s1. The van der Waals surface area contributed by atoms with E-state index in [0.717, 1.165) is 12.8 Å². The SMILES string of the molecule is COCO[C@H]1CC[C@]2(C)[C@H]3CC/C(=C\OS(=O)(=O)C(F)(F)F)[C@H](C)[C@H]3C(=O)C[C@H]2C1(C)C. The fraction of sp³-hybridized carbons (Fsp3) is 0.864. The Morgan fingerprint density at radius 2 is 1.84 bits per heavy atom. The Morgan fingerprint density at radius 1 is 1.19 bits per heavy atom. The van der Waals surface area contributed by atoms with E-state index in [1.165, 1.54) is 0 Å². The Kier molecular flexibility index (Phi) is 6.83. The molecule has 3 fully saturated rings. The number of alkyl halides is 3. The highest BCUT2D eigenvalue weighted by molar-refractivity contribution is 7.87. The zero-order valence-electron chi connectivity index (χ0n) is 19.2. The highest BCUT2D eigenvalue weighted by Gasteiger charge is 2.61. The third-order valence-electron chi connectivity index (χ3n) is 8.39. The fourth-order valence-electron chi connectivity index (χ4n) is 6.69. The van der Waals surface area contributed by atoms with Crippen LogP contribution in [0.4, 0.5) is 13.2 Å². The zero-order valence-corrected chi connectivity index (χ0v) is 20.0. The minimum absolute atomic E-state index is 0.0256. The molecule has 0 radical (unpaired) electrons. The van der Waals surface area contributed by atoms with Crippen LogP contribution in [0.1, 0.15) is 59.8 Å². The summed E-state index contributed by atoms with van der Waals surface area (Å²) in [5.74, 6) is -0.481. The van der Waals surface area contributed by atoms with E-state index in [1.807, 2.05) is 0 Å². The summed E-state index contributed by atoms with van der Waals surface area (Å²) in [5, 5.41) is 0. The van der Waals surface area contributed by atoms with Gasteiger partial charge in [-0.25, -0.2) is 0 Å². The van der Waals surface area contributed by atoms with Crippen molar-refractivity contribution in [1.82, 2.24) is 0 Å². The van der Waals surface area contributed by atoms with Crippen molar-refractivity contribution in [1.29, 1.82) is 0 Å². The third kappa shape index (κ3) is 4.22. The molecular weight excluding hydrogens is 449 g/mol. The second kappa shape index (κ2) is 8.58. The Hall–Kier alpha value is -1.13. The first kappa shape index (κ1) is 25.5. The van der Waals surface area contributed by atoms with Crippen molar-refractivity contribution < 1.29 is 40.0 Å². The molecule has 6 atom stereocenters. The highest BCUT2D eigenvalue weighted by Crippen LogP contribution is 2.64. The molecule has 0 aromatic heterocycles. The topological polar surface area (TPSA) is 78.9 Å². The molecule has 6 nitrogen and oxygen atoms in total. The Morgan fingerprint density at radius 3 is 2.44 bits per heavy atom.